The van der Waals surface area contributed by atoms with E-state index in [1.165, 1.54) is 4.31 Å². The standard InChI is InChI=1S/C10H19F3N2O2S/c1-8(7-14-2)18(16,17)15-5-3-9(4-6-15)10(11,12)13/h8-9,14H,3-7H2,1-2H3. The molecular formula is C10H19F3N2O2S. The number of hydrogen-bond acceptors (Lipinski definition) is 3. The summed E-state index contributed by atoms with van der Waals surface area (Å²) in [5.41, 5.74) is 0. The molecule has 0 aromatic rings. The highest BCUT2D eigenvalue weighted by molar-refractivity contribution is 7.89. The Hall–Kier alpha value is -0.340. The molecular weight excluding hydrogens is 269 g/mol. The summed E-state index contributed by atoms with van der Waals surface area (Å²) >= 11 is 0. The number of piperidine rings is 1. The Morgan fingerprint density at radius 1 is 1.33 bits per heavy atom. The van der Waals surface area contributed by atoms with Crippen molar-refractivity contribution in [3.05, 3.63) is 0 Å². The van der Waals surface area contributed by atoms with Crippen LogP contribution in [-0.4, -0.2) is 50.8 Å². The molecule has 8 heteroatoms. The number of rotatable bonds is 4. The number of sulfonamides is 1. The molecule has 1 aliphatic heterocycles. The lowest BCUT2D eigenvalue weighted by atomic mass is 9.98. The molecule has 0 bridgehead atoms. The van der Waals surface area contributed by atoms with Crippen molar-refractivity contribution in [2.24, 2.45) is 5.92 Å². The van der Waals surface area contributed by atoms with Crippen LogP contribution >= 0.6 is 0 Å². The smallest absolute Gasteiger partial charge is 0.318 e. The lowest BCUT2D eigenvalue weighted by molar-refractivity contribution is -0.182. The normalized spacial score (nSPS) is 22.1. The van der Waals surface area contributed by atoms with Crippen molar-refractivity contribution >= 4 is 10.0 Å². The fourth-order valence-electron chi connectivity index (χ4n) is 2.08. The van der Waals surface area contributed by atoms with Gasteiger partial charge in [0.2, 0.25) is 10.0 Å². The molecule has 1 fully saturated rings. The lowest BCUT2D eigenvalue weighted by Crippen LogP contribution is -2.46. The summed E-state index contributed by atoms with van der Waals surface area (Å²) in [6, 6.07) is 0. The number of nitrogens with zero attached hydrogens (tertiary/aromatic N) is 1. The van der Waals surface area contributed by atoms with E-state index in [1.807, 2.05) is 0 Å². The van der Waals surface area contributed by atoms with Gasteiger partial charge < -0.3 is 5.32 Å². The molecule has 1 atom stereocenters. The van der Waals surface area contributed by atoms with E-state index < -0.39 is 27.4 Å². The second-order valence-corrected chi connectivity index (χ2v) is 6.98. The molecule has 1 heterocycles. The maximum atomic E-state index is 12.5. The molecule has 1 unspecified atom stereocenters. The highest BCUT2D eigenvalue weighted by Crippen LogP contribution is 2.35. The van der Waals surface area contributed by atoms with Crippen molar-refractivity contribution in [2.75, 3.05) is 26.7 Å². The molecule has 0 aliphatic carbocycles. The fraction of sp³-hybridized carbons (Fsp3) is 1.00. The predicted octanol–water partition coefficient (Wildman–Crippen LogP) is 1.20. The molecule has 0 radical (unpaired) electrons. The highest BCUT2D eigenvalue weighted by atomic mass is 32.2. The van der Waals surface area contributed by atoms with Gasteiger partial charge in [0.05, 0.1) is 11.2 Å². The van der Waals surface area contributed by atoms with Gasteiger partial charge in [-0.1, -0.05) is 0 Å². The number of alkyl halides is 3. The molecule has 0 spiro atoms. The first-order valence-electron chi connectivity index (χ1n) is 5.90. The van der Waals surface area contributed by atoms with Crippen LogP contribution in [0.25, 0.3) is 0 Å². The van der Waals surface area contributed by atoms with Crippen LogP contribution in [0.4, 0.5) is 13.2 Å². The molecule has 1 rings (SSSR count). The SMILES string of the molecule is CNCC(C)S(=O)(=O)N1CCC(C(F)(F)F)CC1. The van der Waals surface area contributed by atoms with Crippen molar-refractivity contribution in [3.8, 4) is 0 Å². The minimum absolute atomic E-state index is 0.0411. The molecule has 4 nitrogen and oxygen atoms in total. The van der Waals surface area contributed by atoms with Crippen molar-refractivity contribution in [1.82, 2.24) is 9.62 Å². The zero-order valence-electron chi connectivity index (χ0n) is 10.5. The summed E-state index contributed by atoms with van der Waals surface area (Å²) < 4.78 is 62.6. The molecule has 1 aliphatic rings. The first-order chi connectivity index (χ1) is 8.19. The zero-order valence-corrected chi connectivity index (χ0v) is 11.3. The topological polar surface area (TPSA) is 49.4 Å². The van der Waals surface area contributed by atoms with Crippen LogP contribution in [-0.2, 0) is 10.0 Å². The molecule has 1 N–H and O–H groups in total. The Morgan fingerprint density at radius 2 is 1.83 bits per heavy atom. The highest BCUT2D eigenvalue weighted by Gasteiger charge is 2.43. The van der Waals surface area contributed by atoms with Crippen molar-refractivity contribution < 1.29 is 21.6 Å². The second kappa shape index (κ2) is 5.75. The summed E-state index contributed by atoms with van der Waals surface area (Å²) in [6.07, 6.45) is -4.50. The lowest BCUT2D eigenvalue weighted by Gasteiger charge is -2.33. The molecule has 0 amide bonds. The summed E-state index contributed by atoms with van der Waals surface area (Å²) in [7, 11) is -1.85. The molecule has 0 saturated carbocycles. The molecule has 1 saturated heterocycles. The third kappa shape index (κ3) is 3.58. The third-order valence-corrected chi connectivity index (χ3v) is 5.55. The largest absolute Gasteiger partial charge is 0.391 e. The van der Waals surface area contributed by atoms with E-state index in [-0.39, 0.29) is 25.9 Å². The summed E-state index contributed by atoms with van der Waals surface area (Å²) in [5.74, 6) is -1.37. The monoisotopic (exact) mass is 288 g/mol. The van der Waals surface area contributed by atoms with Crippen LogP contribution in [0, 0.1) is 5.92 Å². The molecule has 108 valence electrons. The van der Waals surface area contributed by atoms with Crippen molar-refractivity contribution in [1.29, 1.82) is 0 Å². The van der Waals surface area contributed by atoms with Crippen LogP contribution in [0.3, 0.4) is 0 Å². The first-order valence-corrected chi connectivity index (χ1v) is 7.40. The summed E-state index contributed by atoms with van der Waals surface area (Å²) in [6.45, 7) is 1.77. The van der Waals surface area contributed by atoms with Gasteiger partial charge in [-0.3, -0.25) is 0 Å². The Bertz CT molecular complexity index is 362. The van der Waals surface area contributed by atoms with Gasteiger partial charge in [-0.2, -0.15) is 13.2 Å². The Kier molecular flexibility index (Phi) is 5.02. The Balaban J connectivity index is 2.63. The minimum Gasteiger partial charge on any atom is -0.318 e. The second-order valence-electron chi connectivity index (χ2n) is 4.63. The van der Waals surface area contributed by atoms with E-state index in [1.54, 1.807) is 14.0 Å². The van der Waals surface area contributed by atoms with E-state index in [9.17, 15) is 21.6 Å². The molecule has 18 heavy (non-hydrogen) atoms. The van der Waals surface area contributed by atoms with Gasteiger partial charge in [0.1, 0.15) is 0 Å². The summed E-state index contributed by atoms with van der Waals surface area (Å²) in [4.78, 5) is 0. The van der Waals surface area contributed by atoms with Gasteiger partial charge in [-0.25, -0.2) is 12.7 Å². The fourth-order valence-corrected chi connectivity index (χ4v) is 3.69. The van der Waals surface area contributed by atoms with Gasteiger partial charge in [0.25, 0.3) is 0 Å². The van der Waals surface area contributed by atoms with E-state index in [0.29, 0.717) is 6.54 Å². The van der Waals surface area contributed by atoms with E-state index in [2.05, 4.69) is 5.32 Å². The Morgan fingerprint density at radius 3 is 2.22 bits per heavy atom. The van der Waals surface area contributed by atoms with Crippen LogP contribution in [0.15, 0.2) is 0 Å². The number of nitrogens with one attached hydrogen (secondary N) is 1. The minimum atomic E-state index is -4.22. The van der Waals surface area contributed by atoms with E-state index >= 15 is 0 Å². The van der Waals surface area contributed by atoms with Gasteiger partial charge in [-0.05, 0) is 26.8 Å². The van der Waals surface area contributed by atoms with Crippen LogP contribution in [0.5, 0.6) is 0 Å². The number of halogens is 3. The van der Waals surface area contributed by atoms with Crippen LogP contribution in [0.2, 0.25) is 0 Å². The van der Waals surface area contributed by atoms with Crippen molar-refractivity contribution in [2.45, 2.75) is 31.2 Å². The quantitative estimate of drug-likeness (QED) is 0.845. The molecule has 0 aromatic carbocycles. The van der Waals surface area contributed by atoms with Gasteiger partial charge in [0.15, 0.2) is 0 Å². The van der Waals surface area contributed by atoms with Gasteiger partial charge in [-0.15, -0.1) is 0 Å². The maximum Gasteiger partial charge on any atom is 0.391 e. The summed E-state index contributed by atoms with van der Waals surface area (Å²) in [5, 5.41) is 2.14. The third-order valence-electron chi connectivity index (χ3n) is 3.28. The predicted molar refractivity (Wildman–Crippen MR) is 62.7 cm³/mol. The maximum absolute atomic E-state index is 12.5. The van der Waals surface area contributed by atoms with E-state index in [4.69, 9.17) is 0 Å². The van der Waals surface area contributed by atoms with Crippen molar-refractivity contribution in [3.63, 3.8) is 0 Å². The first kappa shape index (κ1) is 15.7. The van der Waals surface area contributed by atoms with Gasteiger partial charge >= 0.3 is 6.18 Å². The molecule has 0 aromatic heterocycles. The van der Waals surface area contributed by atoms with Gasteiger partial charge in [0, 0.05) is 19.6 Å². The zero-order chi connectivity index (χ0) is 14.0. The Labute approximate surface area is 106 Å². The average molecular weight is 288 g/mol. The van der Waals surface area contributed by atoms with Crippen LogP contribution < -0.4 is 5.32 Å². The van der Waals surface area contributed by atoms with E-state index in [0.717, 1.165) is 0 Å². The van der Waals surface area contributed by atoms with Crippen LogP contribution in [0.1, 0.15) is 19.8 Å². The average Bonchev–Trinajstić information content (AvgIpc) is 2.28. The number of hydrogen-bond donors (Lipinski definition) is 1.